The summed E-state index contributed by atoms with van der Waals surface area (Å²) in [6.07, 6.45) is 5.07. The highest BCUT2D eigenvalue weighted by atomic mass is 16.1. The third-order valence-electron chi connectivity index (χ3n) is 3.10. The molecule has 0 aromatic rings. The second-order valence-electron chi connectivity index (χ2n) is 3.86. The van der Waals surface area contributed by atoms with Crippen LogP contribution in [-0.2, 0) is 4.79 Å². The van der Waals surface area contributed by atoms with Gasteiger partial charge in [-0.05, 0) is 32.1 Å². The summed E-state index contributed by atoms with van der Waals surface area (Å²) < 4.78 is 0. The number of Topliss-reactive ketones (excluding diaryl/α,β-unsaturated/α-hetero) is 1. The number of fused-ring (bicyclic) bond motifs is 1. The van der Waals surface area contributed by atoms with E-state index >= 15 is 0 Å². The van der Waals surface area contributed by atoms with Crippen LogP contribution in [0.15, 0.2) is 0 Å². The van der Waals surface area contributed by atoms with Crippen LogP contribution in [0.3, 0.4) is 0 Å². The van der Waals surface area contributed by atoms with Crippen LogP contribution in [0, 0.1) is 5.92 Å². The Labute approximate surface area is 67.4 Å². The van der Waals surface area contributed by atoms with E-state index in [2.05, 4.69) is 5.32 Å². The van der Waals surface area contributed by atoms with Crippen molar-refractivity contribution in [1.82, 2.24) is 5.32 Å². The van der Waals surface area contributed by atoms with Gasteiger partial charge >= 0.3 is 0 Å². The van der Waals surface area contributed by atoms with Gasteiger partial charge < -0.3 is 5.32 Å². The monoisotopic (exact) mass is 153 g/mol. The zero-order valence-electron chi connectivity index (χ0n) is 6.97. The van der Waals surface area contributed by atoms with Crippen molar-refractivity contribution < 1.29 is 4.79 Å². The Kier molecular flexibility index (Phi) is 1.72. The van der Waals surface area contributed by atoms with Crippen LogP contribution in [0.25, 0.3) is 0 Å². The fourth-order valence-corrected chi connectivity index (χ4v) is 2.45. The van der Waals surface area contributed by atoms with Crippen LogP contribution < -0.4 is 5.32 Å². The van der Waals surface area contributed by atoms with E-state index in [1.807, 2.05) is 0 Å². The minimum atomic E-state index is 0.185. The van der Waals surface area contributed by atoms with Gasteiger partial charge in [-0.2, -0.15) is 0 Å². The molecule has 0 bridgehead atoms. The van der Waals surface area contributed by atoms with E-state index in [4.69, 9.17) is 0 Å². The van der Waals surface area contributed by atoms with Crippen molar-refractivity contribution in [3.63, 3.8) is 0 Å². The maximum Gasteiger partial charge on any atom is 0.146 e. The molecule has 0 amide bonds. The summed E-state index contributed by atoms with van der Waals surface area (Å²) in [5.41, 5.74) is 0. The molecule has 2 nitrogen and oxygen atoms in total. The lowest BCUT2D eigenvalue weighted by Gasteiger charge is -2.08. The molecular formula is C9H15NO. The van der Waals surface area contributed by atoms with E-state index in [1.54, 1.807) is 6.92 Å². The number of hydrogen-bond acceptors (Lipinski definition) is 2. The second kappa shape index (κ2) is 2.59. The number of hydrogen-bond donors (Lipinski definition) is 1. The van der Waals surface area contributed by atoms with E-state index in [0.717, 1.165) is 12.3 Å². The standard InChI is InChI=1S/C9H15NO/c1-6(11)9-5-7-3-2-4-8(7)10-9/h7-10H,2-5H2,1H3. The molecule has 2 aliphatic rings. The summed E-state index contributed by atoms with van der Waals surface area (Å²) in [6, 6.07) is 0.856. The maximum atomic E-state index is 11.0. The molecule has 1 saturated carbocycles. The second-order valence-corrected chi connectivity index (χ2v) is 3.86. The normalized spacial score (nSPS) is 42.5. The lowest BCUT2D eigenvalue weighted by Crippen LogP contribution is -2.33. The first kappa shape index (κ1) is 7.29. The summed E-state index contributed by atoms with van der Waals surface area (Å²) in [5, 5.41) is 3.40. The summed E-state index contributed by atoms with van der Waals surface area (Å²) in [4.78, 5) is 11.0. The molecule has 3 atom stereocenters. The Morgan fingerprint density at radius 1 is 1.45 bits per heavy atom. The van der Waals surface area contributed by atoms with Crippen molar-refractivity contribution in [3.8, 4) is 0 Å². The fraction of sp³-hybridized carbons (Fsp3) is 0.889. The van der Waals surface area contributed by atoms with Crippen LogP contribution in [0.5, 0.6) is 0 Å². The molecule has 1 heterocycles. The first-order valence-electron chi connectivity index (χ1n) is 4.54. The van der Waals surface area contributed by atoms with E-state index < -0.39 is 0 Å². The van der Waals surface area contributed by atoms with Crippen LogP contribution >= 0.6 is 0 Å². The number of ketones is 1. The van der Waals surface area contributed by atoms with Crippen molar-refractivity contribution in [2.45, 2.75) is 44.7 Å². The average Bonchev–Trinajstić information content (AvgIpc) is 2.40. The van der Waals surface area contributed by atoms with Gasteiger partial charge in [-0.1, -0.05) is 6.42 Å². The number of nitrogens with one attached hydrogen (secondary N) is 1. The first-order chi connectivity index (χ1) is 5.27. The van der Waals surface area contributed by atoms with E-state index in [1.165, 1.54) is 19.3 Å². The molecule has 3 unspecified atom stereocenters. The quantitative estimate of drug-likeness (QED) is 0.611. The van der Waals surface area contributed by atoms with Crippen molar-refractivity contribution in [2.75, 3.05) is 0 Å². The SMILES string of the molecule is CC(=O)C1CC2CCCC2N1. The Bertz CT molecular complexity index is 166. The first-order valence-corrected chi connectivity index (χ1v) is 4.54. The molecule has 0 radical (unpaired) electrons. The van der Waals surface area contributed by atoms with Gasteiger partial charge in [0.25, 0.3) is 0 Å². The largest absolute Gasteiger partial charge is 0.304 e. The van der Waals surface area contributed by atoms with Gasteiger partial charge in [0.1, 0.15) is 5.78 Å². The summed E-state index contributed by atoms with van der Waals surface area (Å²) in [7, 11) is 0. The lowest BCUT2D eigenvalue weighted by molar-refractivity contribution is -0.118. The summed E-state index contributed by atoms with van der Waals surface area (Å²) in [6.45, 7) is 1.69. The maximum absolute atomic E-state index is 11.0. The van der Waals surface area contributed by atoms with Crippen LogP contribution in [0.1, 0.15) is 32.6 Å². The van der Waals surface area contributed by atoms with Gasteiger partial charge in [-0.25, -0.2) is 0 Å². The third kappa shape index (κ3) is 1.20. The van der Waals surface area contributed by atoms with Crippen molar-refractivity contribution >= 4 is 5.78 Å². The van der Waals surface area contributed by atoms with Gasteiger partial charge in [-0.3, -0.25) is 4.79 Å². The highest BCUT2D eigenvalue weighted by Gasteiger charge is 2.38. The Morgan fingerprint density at radius 2 is 2.27 bits per heavy atom. The Hall–Kier alpha value is -0.370. The molecule has 2 heteroatoms. The fourth-order valence-electron chi connectivity index (χ4n) is 2.45. The van der Waals surface area contributed by atoms with Crippen LogP contribution in [0.2, 0.25) is 0 Å². The molecule has 0 aromatic carbocycles. The average molecular weight is 153 g/mol. The van der Waals surface area contributed by atoms with Gasteiger partial charge in [0.2, 0.25) is 0 Å². The highest BCUT2D eigenvalue weighted by Crippen LogP contribution is 2.34. The third-order valence-corrected chi connectivity index (χ3v) is 3.10. The molecule has 1 saturated heterocycles. The van der Waals surface area contributed by atoms with Crippen molar-refractivity contribution in [2.24, 2.45) is 5.92 Å². The zero-order valence-corrected chi connectivity index (χ0v) is 6.97. The number of rotatable bonds is 1. The van der Waals surface area contributed by atoms with E-state index in [-0.39, 0.29) is 6.04 Å². The smallest absolute Gasteiger partial charge is 0.146 e. The number of carbonyl (C=O) groups is 1. The van der Waals surface area contributed by atoms with Crippen molar-refractivity contribution in [3.05, 3.63) is 0 Å². The molecule has 1 aliphatic carbocycles. The lowest BCUT2D eigenvalue weighted by atomic mass is 10.0. The van der Waals surface area contributed by atoms with Gasteiger partial charge in [0.15, 0.2) is 0 Å². The minimum Gasteiger partial charge on any atom is -0.304 e. The van der Waals surface area contributed by atoms with Crippen LogP contribution in [-0.4, -0.2) is 17.9 Å². The predicted molar refractivity (Wildman–Crippen MR) is 43.4 cm³/mol. The molecule has 0 aromatic heterocycles. The highest BCUT2D eigenvalue weighted by molar-refractivity contribution is 5.81. The van der Waals surface area contributed by atoms with Crippen molar-refractivity contribution in [1.29, 1.82) is 0 Å². The van der Waals surface area contributed by atoms with Gasteiger partial charge in [-0.15, -0.1) is 0 Å². The molecular weight excluding hydrogens is 138 g/mol. The van der Waals surface area contributed by atoms with E-state index in [0.29, 0.717) is 11.8 Å². The van der Waals surface area contributed by atoms with E-state index in [9.17, 15) is 4.79 Å². The minimum absolute atomic E-state index is 0.185. The molecule has 1 aliphatic heterocycles. The van der Waals surface area contributed by atoms with Gasteiger partial charge in [0, 0.05) is 6.04 Å². The predicted octanol–water partition coefficient (Wildman–Crippen LogP) is 1.11. The summed E-state index contributed by atoms with van der Waals surface area (Å²) >= 11 is 0. The molecule has 62 valence electrons. The molecule has 0 spiro atoms. The molecule has 11 heavy (non-hydrogen) atoms. The van der Waals surface area contributed by atoms with Gasteiger partial charge in [0.05, 0.1) is 6.04 Å². The molecule has 2 fully saturated rings. The van der Waals surface area contributed by atoms with Crippen LogP contribution in [0.4, 0.5) is 0 Å². The Balaban J connectivity index is 1.99. The zero-order chi connectivity index (χ0) is 7.84. The topological polar surface area (TPSA) is 29.1 Å². The number of carbonyl (C=O) groups excluding carboxylic acids is 1. The molecule has 2 rings (SSSR count). The Morgan fingerprint density at radius 3 is 2.91 bits per heavy atom. The molecule has 1 N–H and O–H groups in total. The summed E-state index contributed by atoms with van der Waals surface area (Å²) in [5.74, 6) is 1.13.